The fourth-order valence-corrected chi connectivity index (χ4v) is 2.80. The Morgan fingerprint density at radius 2 is 1.71 bits per heavy atom. The van der Waals surface area contributed by atoms with Gasteiger partial charge >= 0.3 is 0 Å². The van der Waals surface area contributed by atoms with Crippen molar-refractivity contribution in [2.45, 2.75) is 19.9 Å². The maximum absolute atomic E-state index is 13.6. The van der Waals surface area contributed by atoms with Crippen LogP contribution < -0.4 is 5.32 Å². The van der Waals surface area contributed by atoms with Gasteiger partial charge in [0, 0.05) is 10.0 Å². The summed E-state index contributed by atoms with van der Waals surface area (Å²) in [7, 11) is 0. The van der Waals surface area contributed by atoms with Gasteiger partial charge in [-0.25, -0.2) is 8.78 Å². The van der Waals surface area contributed by atoms with Crippen LogP contribution in [0.3, 0.4) is 0 Å². The molecule has 21 heavy (non-hydrogen) atoms. The lowest BCUT2D eigenvalue weighted by atomic mass is 9.94. The Morgan fingerprint density at radius 3 is 2.33 bits per heavy atom. The minimum atomic E-state index is -0.952. The van der Waals surface area contributed by atoms with Gasteiger partial charge in [0.05, 0.1) is 6.04 Å². The molecular formula is C16H15Cl2F2N. The maximum Gasteiger partial charge on any atom is 0.160 e. The van der Waals surface area contributed by atoms with Crippen LogP contribution in [-0.4, -0.2) is 6.54 Å². The molecule has 1 nitrogen and oxygen atoms in total. The first-order chi connectivity index (χ1) is 9.93. The van der Waals surface area contributed by atoms with Crippen LogP contribution in [-0.2, 0) is 0 Å². The molecule has 0 heterocycles. The van der Waals surface area contributed by atoms with Gasteiger partial charge in [-0.1, -0.05) is 36.2 Å². The first-order valence-corrected chi connectivity index (χ1v) is 7.33. The predicted molar refractivity (Wildman–Crippen MR) is 83.1 cm³/mol. The average Bonchev–Trinajstić information content (AvgIpc) is 2.41. The van der Waals surface area contributed by atoms with E-state index in [1.807, 2.05) is 26.0 Å². The van der Waals surface area contributed by atoms with E-state index in [4.69, 9.17) is 23.2 Å². The van der Waals surface area contributed by atoms with Crippen molar-refractivity contribution in [2.24, 2.45) is 0 Å². The third-order valence-electron chi connectivity index (χ3n) is 3.30. The van der Waals surface area contributed by atoms with Crippen molar-refractivity contribution in [1.29, 1.82) is 0 Å². The molecule has 2 rings (SSSR count). The maximum atomic E-state index is 13.6. The van der Waals surface area contributed by atoms with Crippen molar-refractivity contribution < 1.29 is 8.78 Å². The van der Waals surface area contributed by atoms with Gasteiger partial charge in [0.1, 0.15) is 0 Å². The zero-order valence-electron chi connectivity index (χ0n) is 11.7. The Labute approximate surface area is 132 Å². The van der Waals surface area contributed by atoms with Crippen LogP contribution in [0.5, 0.6) is 0 Å². The highest BCUT2D eigenvalue weighted by Crippen LogP contribution is 2.32. The summed E-state index contributed by atoms with van der Waals surface area (Å²) in [5.41, 5.74) is 2.38. The lowest BCUT2D eigenvalue weighted by Crippen LogP contribution is -2.23. The molecule has 2 aromatic rings. The van der Waals surface area contributed by atoms with Crippen LogP contribution in [0.1, 0.15) is 29.7 Å². The standard InChI is InChI=1S/C16H15Cl2F2N/c1-3-21-16(11-5-4-10(17)6-9(11)2)12-7-14(19)15(20)8-13(12)18/h4-8,16,21H,3H2,1-2H3. The third kappa shape index (κ3) is 3.54. The van der Waals surface area contributed by atoms with E-state index < -0.39 is 11.6 Å². The molecule has 0 bridgehead atoms. The van der Waals surface area contributed by atoms with E-state index >= 15 is 0 Å². The summed E-state index contributed by atoms with van der Waals surface area (Å²) in [6, 6.07) is 7.27. The van der Waals surface area contributed by atoms with Crippen molar-refractivity contribution in [3.63, 3.8) is 0 Å². The SMILES string of the molecule is CCNC(c1ccc(Cl)cc1C)c1cc(F)c(F)cc1Cl. The molecule has 0 saturated carbocycles. The molecule has 5 heteroatoms. The molecular weight excluding hydrogens is 315 g/mol. The number of hydrogen-bond acceptors (Lipinski definition) is 1. The van der Waals surface area contributed by atoms with Crippen LogP contribution in [0.4, 0.5) is 8.78 Å². The molecule has 0 aliphatic rings. The fourth-order valence-electron chi connectivity index (χ4n) is 2.31. The van der Waals surface area contributed by atoms with Gasteiger partial charge in [-0.3, -0.25) is 0 Å². The summed E-state index contributed by atoms with van der Waals surface area (Å²) in [5, 5.41) is 4.06. The van der Waals surface area contributed by atoms with Crippen molar-refractivity contribution in [3.8, 4) is 0 Å². The predicted octanol–water partition coefficient (Wildman–Crippen LogP) is 5.28. The van der Waals surface area contributed by atoms with Crippen LogP contribution in [0.15, 0.2) is 30.3 Å². The monoisotopic (exact) mass is 329 g/mol. The molecule has 112 valence electrons. The van der Waals surface area contributed by atoms with Crippen molar-refractivity contribution in [1.82, 2.24) is 5.32 Å². The second-order valence-corrected chi connectivity index (χ2v) is 5.62. The molecule has 0 aliphatic heterocycles. The normalized spacial score (nSPS) is 12.5. The zero-order chi connectivity index (χ0) is 15.6. The van der Waals surface area contributed by atoms with Crippen LogP contribution in [0.2, 0.25) is 10.0 Å². The molecule has 2 aromatic carbocycles. The Bertz CT molecular complexity index is 659. The van der Waals surface area contributed by atoms with E-state index in [-0.39, 0.29) is 11.1 Å². The Hall–Kier alpha value is -1.16. The molecule has 0 fully saturated rings. The highest BCUT2D eigenvalue weighted by molar-refractivity contribution is 6.31. The number of rotatable bonds is 4. The highest BCUT2D eigenvalue weighted by atomic mass is 35.5. The number of hydrogen-bond donors (Lipinski definition) is 1. The third-order valence-corrected chi connectivity index (χ3v) is 3.86. The first kappa shape index (κ1) is 16.2. The molecule has 0 amide bonds. The summed E-state index contributed by atoms with van der Waals surface area (Å²) in [6.07, 6.45) is 0. The molecule has 1 unspecified atom stereocenters. The number of aryl methyl sites for hydroxylation is 1. The number of nitrogens with one attached hydrogen (secondary N) is 1. The van der Waals surface area contributed by atoms with Crippen molar-refractivity contribution >= 4 is 23.2 Å². The molecule has 0 spiro atoms. The topological polar surface area (TPSA) is 12.0 Å². The number of halogens is 4. The highest BCUT2D eigenvalue weighted by Gasteiger charge is 2.20. The van der Waals surface area contributed by atoms with Gasteiger partial charge in [0.15, 0.2) is 11.6 Å². The number of benzene rings is 2. The Kier molecular flexibility index (Phi) is 5.20. The summed E-state index contributed by atoms with van der Waals surface area (Å²) < 4.78 is 26.8. The second kappa shape index (κ2) is 6.73. The van der Waals surface area contributed by atoms with Crippen LogP contribution in [0, 0.1) is 18.6 Å². The molecule has 1 N–H and O–H groups in total. The van der Waals surface area contributed by atoms with E-state index in [0.29, 0.717) is 17.1 Å². The van der Waals surface area contributed by atoms with Crippen LogP contribution >= 0.6 is 23.2 Å². The summed E-state index contributed by atoms with van der Waals surface area (Å²) in [4.78, 5) is 0. The van der Waals surface area contributed by atoms with Crippen molar-refractivity contribution in [3.05, 3.63) is 68.7 Å². The fraction of sp³-hybridized carbons (Fsp3) is 0.250. The smallest absolute Gasteiger partial charge is 0.160 e. The first-order valence-electron chi connectivity index (χ1n) is 6.58. The molecule has 1 atom stereocenters. The van der Waals surface area contributed by atoms with E-state index in [2.05, 4.69) is 5.32 Å². The quantitative estimate of drug-likeness (QED) is 0.752. The molecule has 0 saturated heterocycles. The Balaban J connectivity index is 2.55. The van der Waals surface area contributed by atoms with Crippen molar-refractivity contribution in [2.75, 3.05) is 6.54 Å². The minimum Gasteiger partial charge on any atom is -0.306 e. The summed E-state index contributed by atoms with van der Waals surface area (Å²) >= 11 is 12.1. The van der Waals surface area contributed by atoms with E-state index in [9.17, 15) is 8.78 Å². The largest absolute Gasteiger partial charge is 0.306 e. The van der Waals surface area contributed by atoms with Gasteiger partial charge in [-0.15, -0.1) is 0 Å². The van der Waals surface area contributed by atoms with E-state index in [1.165, 1.54) is 0 Å². The zero-order valence-corrected chi connectivity index (χ0v) is 13.2. The van der Waals surface area contributed by atoms with E-state index in [1.54, 1.807) is 6.07 Å². The minimum absolute atomic E-state index is 0.189. The Morgan fingerprint density at radius 1 is 1.05 bits per heavy atom. The summed E-state index contributed by atoms with van der Waals surface area (Å²) in [5.74, 6) is -1.87. The van der Waals surface area contributed by atoms with Gasteiger partial charge < -0.3 is 5.32 Å². The second-order valence-electron chi connectivity index (χ2n) is 4.78. The van der Waals surface area contributed by atoms with E-state index in [0.717, 1.165) is 23.3 Å². The summed E-state index contributed by atoms with van der Waals surface area (Å²) in [6.45, 7) is 4.51. The lowest BCUT2D eigenvalue weighted by Gasteiger charge is -2.22. The van der Waals surface area contributed by atoms with Gasteiger partial charge in [-0.2, -0.15) is 0 Å². The average molecular weight is 330 g/mol. The lowest BCUT2D eigenvalue weighted by molar-refractivity contribution is 0.504. The van der Waals surface area contributed by atoms with Gasteiger partial charge in [-0.05, 0) is 54.4 Å². The molecule has 0 aliphatic carbocycles. The molecule has 0 radical (unpaired) electrons. The van der Waals surface area contributed by atoms with Gasteiger partial charge in [0.2, 0.25) is 0 Å². The van der Waals surface area contributed by atoms with Crippen LogP contribution in [0.25, 0.3) is 0 Å². The molecule has 0 aromatic heterocycles. The van der Waals surface area contributed by atoms with Gasteiger partial charge in [0.25, 0.3) is 0 Å².